The molecule has 0 heterocycles. The fourth-order valence-electron chi connectivity index (χ4n) is 1.97. The predicted molar refractivity (Wildman–Crippen MR) is 336 cm³/mol. The first-order chi connectivity index (χ1) is 30.7. The molecule has 0 aliphatic rings. The van der Waals surface area contributed by atoms with E-state index in [2.05, 4.69) is 256 Å². The maximum atomic E-state index is 7.58. The second-order valence-corrected chi connectivity index (χ2v) is 33.4. The van der Waals surface area contributed by atoms with Gasteiger partial charge in [-0.1, -0.05) is 345 Å². The molecule has 0 aromatic carbocycles. The van der Waals surface area contributed by atoms with Crippen LogP contribution in [0.15, 0.2) is 0 Å². The van der Waals surface area contributed by atoms with E-state index in [1.54, 1.807) is 20.8 Å². The molecule has 0 N–H and O–H groups in total. The fraction of sp³-hybridized carbons (Fsp3) is 1.00. The molecular weight excluding hydrogens is 817 g/mol. The van der Waals surface area contributed by atoms with Crippen LogP contribution in [-0.4, -0.2) is 0 Å². The molecule has 68 heavy (non-hydrogen) atoms. The van der Waals surface area contributed by atoms with Gasteiger partial charge >= 0.3 is 0 Å². The Hall–Kier alpha value is 0. The van der Waals surface area contributed by atoms with Crippen molar-refractivity contribution in [1.29, 1.82) is 0 Å². The van der Waals surface area contributed by atoms with Gasteiger partial charge in [-0.2, -0.15) is 0 Å². The second kappa shape index (κ2) is 43.4. The van der Waals surface area contributed by atoms with Gasteiger partial charge in [0.15, 0.2) is 0 Å². The molecule has 0 radical (unpaired) electrons. The van der Waals surface area contributed by atoms with Crippen LogP contribution in [0, 0.1) is 89.6 Å². The molecule has 430 valence electrons. The predicted octanol–water partition coefficient (Wildman–Crippen LogP) is 26.9. The van der Waals surface area contributed by atoms with Crippen molar-refractivity contribution < 1.29 is 8.22 Å². The van der Waals surface area contributed by atoms with E-state index in [1.165, 1.54) is 25.7 Å². The molecule has 0 unspecified atom stereocenters. The van der Waals surface area contributed by atoms with Crippen LogP contribution in [0.25, 0.3) is 0 Å². The van der Waals surface area contributed by atoms with Gasteiger partial charge in [0.25, 0.3) is 0 Å². The van der Waals surface area contributed by atoms with Crippen molar-refractivity contribution in [3.8, 4) is 0 Å². The van der Waals surface area contributed by atoms with Crippen molar-refractivity contribution in [2.75, 3.05) is 0 Å². The summed E-state index contributed by atoms with van der Waals surface area (Å²) in [6, 6.07) is 0. The Balaban J connectivity index is -0.0000000659. The van der Waals surface area contributed by atoms with Crippen molar-refractivity contribution in [1.82, 2.24) is 0 Å². The van der Waals surface area contributed by atoms with Crippen molar-refractivity contribution in [2.24, 2.45) is 89.6 Å². The van der Waals surface area contributed by atoms with E-state index < -0.39 is 12.3 Å². The zero-order chi connectivity index (χ0) is 64.6. The lowest BCUT2D eigenvalue weighted by molar-refractivity contribution is 0.157. The van der Waals surface area contributed by atoms with Crippen LogP contribution in [-0.2, 0) is 0 Å². The topological polar surface area (TPSA) is 0 Å². The molecule has 0 aliphatic heterocycles. The average molecular weight is 982 g/mol. The Morgan fingerprint density at radius 1 is 0.353 bits per heavy atom. The van der Waals surface area contributed by atoms with Crippen LogP contribution in [0.4, 0.5) is 0 Å². The molecule has 0 fully saturated rings. The highest BCUT2D eigenvalue weighted by Gasteiger charge is 2.27. The molecule has 0 aliphatic carbocycles. The van der Waals surface area contributed by atoms with Gasteiger partial charge < -0.3 is 0 Å². The first-order valence-corrected chi connectivity index (χ1v) is 27.7. The van der Waals surface area contributed by atoms with E-state index in [9.17, 15) is 0 Å². The Morgan fingerprint density at radius 3 is 0.515 bits per heavy atom. The standard InChI is InChI=1S/2C8H18.4C7H16.C6H14.2C5H12.2C4H10/c1-7(2)6-8(3,4)5;1-7(2,3)8(4,5)6;3*1-6(2)7(3,4)5;1-5-6-7(2,3)4;1-5-6(2,3)4;2*1-5(2,3)4;2*1-4(2)3/h7H,6H2,1-5H3;1-6H3;3*6H,1-5H3;5-6H2,1-4H3;5H2,1-4H3;2*1-4H3;2*4H,1-3H3/i;;2*6D;;;;1D3;;4D;. The normalized spacial score (nSPS) is 14.2. The number of hydrogen-bond donors (Lipinski definition) is 0. The van der Waals surface area contributed by atoms with E-state index in [0.29, 0.717) is 37.9 Å². The van der Waals surface area contributed by atoms with E-state index in [0.717, 1.165) is 17.8 Å². The lowest BCUT2D eigenvalue weighted by Crippen LogP contribution is -2.25. The lowest BCUT2D eigenvalue weighted by atomic mass is 9.71. The number of rotatable bonds is 2. The molecule has 0 atom stereocenters. The van der Waals surface area contributed by atoms with E-state index in [4.69, 9.17) is 8.22 Å². The number of hydrogen-bond acceptors (Lipinski definition) is 0. The van der Waals surface area contributed by atoms with Crippen LogP contribution in [0.1, 0.15) is 366 Å². The third-order valence-electron chi connectivity index (χ3n) is 10.1. The van der Waals surface area contributed by atoms with Gasteiger partial charge in [-0.05, 0) is 102 Å². The van der Waals surface area contributed by atoms with Gasteiger partial charge in [0.1, 0.15) is 0 Å². The van der Waals surface area contributed by atoms with Gasteiger partial charge in [-0.15, -0.1) is 0 Å². The van der Waals surface area contributed by atoms with Gasteiger partial charge in [0.2, 0.25) is 0 Å². The maximum Gasteiger partial charge on any atom is 0.0302 e. The van der Waals surface area contributed by atoms with E-state index in [1.807, 2.05) is 48.5 Å². The smallest absolute Gasteiger partial charge is 0.0302 e. The Labute approximate surface area is 454 Å². The van der Waals surface area contributed by atoms with Crippen LogP contribution in [0.3, 0.4) is 0 Å². The highest BCUT2D eigenvalue weighted by molar-refractivity contribution is 4.77. The van der Waals surface area contributed by atoms with Gasteiger partial charge in [0, 0.05) is 8.22 Å². The monoisotopic (exact) mass is 981 g/mol. The van der Waals surface area contributed by atoms with E-state index in [-0.39, 0.29) is 28.5 Å². The summed E-state index contributed by atoms with van der Waals surface area (Å²) in [6.07, 6.45) is 5.25. The summed E-state index contributed by atoms with van der Waals surface area (Å²) in [5, 5.41) is 0. The van der Waals surface area contributed by atoms with Gasteiger partial charge in [-0.25, -0.2) is 0 Å². The minimum absolute atomic E-state index is 0.104. The van der Waals surface area contributed by atoms with Crippen LogP contribution < -0.4 is 0 Å². The molecular formula is C68H158. The summed E-state index contributed by atoms with van der Waals surface area (Å²) in [7, 11) is 0. The SMILES string of the molecule is CC(C)(C)C.CC(C)(C)C(C)(C)C.CC(C)C.CC(C)C(C)(C)C.CC(C)CC(C)(C)C.CCC(C)(C)C.CCCC(C)(C)C.[2H]C(C)(C)C.[2H]C(C)(C)C(C)(C)C.[2H]C(C)(C)C(C)(C)C.[2H]C([2H])([2H])C(C)(C)C. The summed E-state index contributed by atoms with van der Waals surface area (Å²) < 4.78 is 42.9. The highest BCUT2D eigenvalue weighted by Crippen LogP contribution is 2.36. The maximum absolute atomic E-state index is 7.58. The first-order valence-electron chi connectivity index (χ1n) is 30.7. The molecule has 0 rings (SSSR count). The van der Waals surface area contributed by atoms with Gasteiger partial charge in [-0.3, -0.25) is 0 Å². The van der Waals surface area contributed by atoms with Crippen molar-refractivity contribution in [2.45, 2.75) is 358 Å². The van der Waals surface area contributed by atoms with Crippen LogP contribution >= 0.6 is 0 Å². The summed E-state index contributed by atoms with van der Waals surface area (Å²) in [5.41, 5.74) is 3.13. The molecule has 0 saturated carbocycles. The third-order valence-corrected chi connectivity index (χ3v) is 10.1. The molecule has 0 amide bonds. The molecule has 0 heteroatoms. The molecule has 0 bridgehead atoms. The molecule has 0 saturated heterocycles. The largest absolute Gasteiger partial charge is 0.0654 e. The molecule has 0 nitrogen and oxygen atoms in total. The minimum Gasteiger partial charge on any atom is -0.0654 e. The molecule has 0 spiro atoms. The second-order valence-electron chi connectivity index (χ2n) is 33.4. The summed E-state index contributed by atoms with van der Waals surface area (Å²) in [4.78, 5) is 0. The Morgan fingerprint density at radius 2 is 0.515 bits per heavy atom. The Kier molecular flexibility index (Phi) is 49.1. The lowest BCUT2D eigenvalue weighted by Gasteiger charge is -2.34. The zero-order valence-electron chi connectivity index (χ0n) is 64.6. The summed E-state index contributed by atoms with van der Waals surface area (Å²) >= 11 is 0. The van der Waals surface area contributed by atoms with E-state index >= 15 is 0 Å². The van der Waals surface area contributed by atoms with Gasteiger partial charge in [0.05, 0.1) is 0 Å². The third kappa shape index (κ3) is 183. The van der Waals surface area contributed by atoms with Crippen LogP contribution in [0.5, 0.6) is 0 Å². The zero-order valence-corrected chi connectivity index (χ0v) is 58.6. The van der Waals surface area contributed by atoms with Crippen molar-refractivity contribution >= 4 is 0 Å². The summed E-state index contributed by atoms with van der Waals surface area (Å²) in [5.74, 6) is 1.60. The quantitative estimate of drug-likeness (QED) is 0.259. The van der Waals surface area contributed by atoms with Crippen molar-refractivity contribution in [3.05, 3.63) is 0 Å². The first kappa shape index (κ1) is 76.9. The highest BCUT2D eigenvalue weighted by atomic mass is 14.3. The fourth-order valence-corrected chi connectivity index (χ4v) is 1.97. The minimum atomic E-state index is -1.81. The van der Waals surface area contributed by atoms with Crippen molar-refractivity contribution in [3.63, 3.8) is 0 Å². The van der Waals surface area contributed by atoms with Crippen LogP contribution in [0.2, 0.25) is 0 Å². The molecule has 0 aromatic rings. The molecule has 0 aromatic heterocycles. The average Bonchev–Trinajstić information content (AvgIpc) is 2.94. The summed E-state index contributed by atoms with van der Waals surface area (Å²) in [6.45, 7) is 98.7. The Bertz CT molecular complexity index is 1000.